The van der Waals surface area contributed by atoms with E-state index >= 15 is 0 Å². The molecular formula is C25H33N3O3. The number of carbonyl (C=O) groups is 2. The molecule has 1 aliphatic rings. The van der Waals surface area contributed by atoms with Gasteiger partial charge in [-0.15, -0.1) is 0 Å². The first-order valence-corrected chi connectivity index (χ1v) is 11.3. The van der Waals surface area contributed by atoms with Gasteiger partial charge in [0.15, 0.2) is 6.23 Å². The number of amides is 2. The summed E-state index contributed by atoms with van der Waals surface area (Å²) in [5.74, 6) is -0.00657. The molecule has 0 saturated carbocycles. The maximum atomic E-state index is 12.9. The number of piperidine rings is 1. The fraction of sp³-hybridized carbons (Fsp3) is 0.440. The lowest BCUT2D eigenvalue weighted by atomic mass is 10.0. The third-order valence-electron chi connectivity index (χ3n) is 5.58. The summed E-state index contributed by atoms with van der Waals surface area (Å²) >= 11 is 0. The van der Waals surface area contributed by atoms with Crippen LogP contribution in [0.3, 0.4) is 0 Å². The molecule has 0 radical (unpaired) electrons. The number of alkyl carbamates (subject to hydrolysis) is 1. The zero-order chi connectivity index (χ0) is 21.9. The van der Waals surface area contributed by atoms with Crippen LogP contribution in [-0.2, 0) is 16.0 Å². The lowest BCUT2D eigenvalue weighted by Gasteiger charge is -2.35. The molecule has 0 unspecified atom stereocenters. The van der Waals surface area contributed by atoms with Crippen LogP contribution in [0, 0.1) is 0 Å². The van der Waals surface area contributed by atoms with E-state index in [-0.39, 0.29) is 5.91 Å². The molecule has 2 amide bonds. The number of nitrogens with one attached hydrogen (secondary N) is 1. The Morgan fingerprint density at radius 3 is 2.45 bits per heavy atom. The van der Waals surface area contributed by atoms with Crippen LogP contribution >= 0.6 is 0 Å². The first kappa shape index (κ1) is 22.8. The predicted molar refractivity (Wildman–Crippen MR) is 122 cm³/mol. The van der Waals surface area contributed by atoms with E-state index in [0.717, 1.165) is 48.8 Å². The Bertz CT molecular complexity index is 824. The fourth-order valence-corrected chi connectivity index (χ4v) is 3.83. The molecule has 2 aromatic rings. The molecule has 1 saturated heterocycles. The second-order valence-corrected chi connectivity index (χ2v) is 7.96. The van der Waals surface area contributed by atoms with Crippen molar-refractivity contribution in [3.8, 4) is 11.1 Å². The normalized spacial score (nSPS) is 16.0. The van der Waals surface area contributed by atoms with Gasteiger partial charge in [-0.3, -0.25) is 4.79 Å². The number of unbranched alkanes of at least 4 members (excludes halogenated alkanes) is 2. The first-order valence-electron chi connectivity index (χ1n) is 11.3. The lowest BCUT2D eigenvalue weighted by molar-refractivity contribution is -0.143. The zero-order valence-electron chi connectivity index (χ0n) is 18.1. The summed E-state index contributed by atoms with van der Waals surface area (Å²) in [6.07, 6.45) is 4.72. The van der Waals surface area contributed by atoms with E-state index in [1.165, 1.54) is 0 Å². The number of hydrogen-bond acceptors (Lipinski definition) is 4. The smallest absolute Gasteiger partial charge is 0.409 e. The van der Waals surface area contributed by atoms with Gasteiger partial charge in [0.1, 0.15) is 0 Å². The van der Waals surface area contributed by atoms with Gasteiger partial charge in [-0.1, -0.05) is 61.0 Å². The monoisotopic (exact) mass is 423 g/mol. The van der Waals surface area contributed by atoms with Crippen LogP contribution in [0.15, 0.2) is 54.6 Å². The number of carbonyl (C=O) groups excluding carboxylic acids is 2. The third-order valence-corrected chi connectivity index (χ3v) is 5.58. The standard InChI is InChI=1S/C25H33N3O3/c26-16-6-2-7-17-27-25(30)31-24-11-5-8-18-28(24)23(29)19-20-12-14-22(15-13-20)21-9-3-1-4-10-21/h1,3-4,9-10,12-15,24H,2,5-8,11,16-19,26H2,(H,27,30)/t24-/m1/s1. The fourth-order valence-electron chi connectivity index (χ4n) is 3.83. The highest BCUT2D eigenvalue weighted by Crippen LogP contribution is 2.22. The average Bonchev–Trinajstić information content (AvgIpc) is 2.80. The minimum absolute atomic E-state index is 0.00657. The van der Waals surface area contributed by atoms with Crippen molar-refractivity contribution in [2.75, 3.05) is 19.6 Å². The predicted octanol–water partition coefficient (Wildman–Crippen LogP) is 4.09. The quantitative estimate of drug-likeness (QED) is 0.595. The Kier molecular flexibility index (Phi) is 8.91. The Hall–Kier alpha value is -2.86. The van der Waals surface area contributed by atoms with E-state index in [1.807, 2.05) is 42.5 Å². The van der Waals surface area contributed by atoms with Crippen molar-refractivity contribution in [3.05, 3.63) is 60.2 Å². The van der Waals surface area contributed by atoms with Crippen molar-refractivity contribution >= 4 is 12.0 Å². The highest BCUT2D eigenvalue weighted by molar-refractivity contribution is 5.80. The summed E-state index contributed by atoms with van der Waals surface area (Å²) in [6, 6.07) is 18.2. The number of nitrogens with zero attached hydrogens (tertiary/aromatic N) is 1. The molecule has 31 heavy (non-hydrogen) atoms. The van der Waals surface area contributed by atoms with Crippen molar-refractivity contribution in [1.82, 2.24) is 10.2 Å². The molecule has 1 atom stereocenters. The van der Waals surface area contributed by atoms with Crippen molar-refractivity contribution in [3.63, 3.8) is 0 Å². The lowest BCUT2D eigenvalue weighted by Crippen LogP contribution is -2.48. The highest BCUT2D eigenvalue weighted by atomic mass is 16.6. The van der Waals surface area contributed by atoms with Crippen LogP contribution in [-0.4, -0.2) is 42.8 Å². The van der Waals surface area contributed by atoms with Crippen LogP contribution in [0.5, 0.6) is 0 Å². The van der Waals surface area contributed by atoms with Crippen molar-refractivity contribution in [2.45, 2.75) is 51.2 Å². The minimum Gasteiger partial charge on any atom is -0.425 e. The van der Waals surface area contributed by atoms with Gasteiger partial charge in [0.05, 0.1) is 6.42 Å². The molecule has 1 heterocycles. The van der Waals surface area contributed by atoms with Crippen LogP contribution in [0.1, 0.15) is 44.1 Å². The van der Waals surface area contributed by atoms with E-state index in [2.05, 4.69) is 17.4 Å². The number of likely N-dealkylation sites (tertiary alicyclic amines) is 1. The Morgan fingerprint density at radius 1 is 0.968 bits per heavy atom. The molecule has 0 aliphatic carbocycles. The summed E-state index contributed by atoms with van der Waals surface area (Å²) in [6.45, 7) is 1.85. The van der Waals surface area contributed by atoms with Gasteiger partial charge in [-0.25, -0.2) is 4.79 Å². The van der Waals surface area contributed by atoms with E-state index < -0.39 is 12.3 Å². The Morgan fingerprint density at radius 2 is 1.71 bits per heavy atom. The van der Waals surface area contributed by atoms with E-state index in [4.69, 9.17) is 10.5 Å². The maximum Gasteiger partial charge on any atom is 0.409 e. The summed E-state index contributed by atoms with van der Waals surface area (Å²) in [7, 11) is 0. The molecule has 1 aliphatic heterocycles. The summed E-state index contributed by atoms with van der Waals surface area (Å²) < 4.78 is 5.58. The van der Waals surface area contributed by atoms with Gasteiger partial charge in [0.25, 0.3) is 0 Å². The van der Waals surface area contributed by atoms with E-state index in [0.29, 0.717) is 32.5 Å². The zero-order valence-corrected chi connectivity index (χ0v) is 18.1. The van der Waals surface area contributed by atoms with Gasteiger partial charge in [0.2, 0.25) is 5.91 Å². The summed E-state index contributed by atoms with van der Waals surface area (Å²) in [5.41, 5.74) is 8.71. The van der Waals surface area contributed by atoms with Crippen LogP contribution < -0.4 is 11.1 Å². The molecule has 0 aromatic heterocycles. The Balaban J connectivity index is 1.52. The molecule has 0 spiro atoms. The molecule has 3 N–H and O–H groups in total. The number of benzene rings is 2. The molecule has 6 heteroatoms. The maximum absolute atomic E-state index is 12.9. The molecule has 166 valence electrons. The second kappa shape index (κ2) is 12.1. The topological polar surface area (TPSA) is 84.7 Å². The van der Waals surface area contributed by atoms with Crippen LogP contribution in [0.4, 0.5) is 4.79 Å². The van der Waals surface area contributed by atoms with Crippen molar-refractivity contribution in [1.29, 1.82) is 0 Å². The minimum atomic E-state index is -0.492. The second-order valence-electron chi connectivity index (χ2n) is 7.96. The highest BCUT2D eigenvalue weighted by Gasteiger charge is 2.29. The largest absolute Gasteiger partial charge is 0.425 e. The molecule has 6 nitrogen and oxygen atoms in total. The molecule has 2 aromatic carbocycles. The molecular weight excluding hydrogens is 390 g/mol. The number of nitrogens with two attached hydrogens (primary N) is 1. The number of ether oxygens (including phenoxy) is 1. The van der Waals surface area contributed by atoms with Crippen LogP contribution in [0.2, 0.25) is 0 Å². The van der Waals surface area contributed by atoms with E-state index in [9.17, 15) is 9.59 Å². The summed E-state index contributed by atoms with van der Waals surface area (Å²) in [5, 5.41) is 2.78. The van der Waals surface area contributed by atoms with Gasteiger partial charge >= 0.3 is 6.09 Å². The average molecular weight is 424 g/mol. The summed E-state index contributed by atoms with van der Waals surface area (Å²) in [4.78, 5) is 26.8. The van der Waals surface area contributed by atoms with Gasteiger partial charge in [0, 0.05) is 19.5 Å². The van der Waals surface area contributed by atoms with Gasteiger partial charge < -0.3 is 20.7 Å². The van der Waals surface area contributed by atoms with Crippen LogP contribution in [0.25, 0.3) is 11.1 Å². The first-order chi connectivity index (χ1) is 15.2. The molecule has 0 bridgehead atoms. The number of rotatable bonds is 9. The van der Waals surface area contributed by atoms with Crippen molar-refractivity contribution < 1.29 is 14.3 Å². The number of hydrogen-bond donors (Lipinski definition) is 2. The third kappa shape index (κ3) is 7.10. The molecule has 1 fully saturated rings. The van der Waals surface area contributed by atoms with Crippen molar-refractivity contribution in [2.24, 2.45) is 5.73 Å². The van der Waals surface area contributed by atoms with Gasteiger partial charge in [-0.05, 0) is 48.9 Å². The Labute approximate surface area is 184 Å². The molecule has 3 rings (SSSR count). The van der Waals surface area contributed by atoms with E-state index in [1.54, 1.807) is 4.90 Å². The SMILES string of the molecule is NCCCCCNC(=O)O[C@@H]1CCCCN1C(=O)Cc1ccc(-c2ccccc2)cc1. The van der Waals surface area contributed by atoms with Gasteiger partial charge in [-0.2, -0.15) is 0 Å².